The zero-order chi connectivity index (χ0) is 22.0. The van der Waals surface area contributed by atoms with Gasteiger partial charge in [-0.1, -0.05) is 6.07 Å². The van der Waals surface area contributed by atoms with Gasteiger partial charge < -0.3 is 24.6 Å². The number of aliphatic hydroxyl groups excluding tert-OH is 1. The summed E-state index contributed by atoms with van der Waals surface area (Å²) in [5, 5.41) is 9.43. The van der Waals surface area contributed by atoms with Gasteiger partial charge in [0.25, 0.3) is 5.91 Å². The molecule has 31 heavy (non-hydrogen) atoms. The third-order valence-corrected chi connectivity index (χ3v) is 6.43. The Kier molecular flexibility index (Phi) is 6.28. The Labute approximate surface area is 184 Å². The van der Waals surface area contributed by atoms with Gasteiger partial charge in [0.2, 0.25) is 0 Å². The van der Waals surface area contributed by atoms with E-state index in [2.05, 4.69) is 36.9 Å². The monoisotopic (exact) mass is 421 g/mol. The maximum absolute atomic E-state index is 13.0. The lowest BCUT2D eigenvalue weighted by molar-refractivity contribution is -0.108. The van der Waals surface area contributed by atoms with Crippen LogP contribution in [0.5, 0.6) is 0 Å². The van der Waals surface area contributed by atoms with Gasteiger partial charge in [-0.2, -0.15) is 0 Å². The van der Waals surface area contributed by atoms with Gasteiger partial charge >= 0.3 is 0 Å². The molecule has 6 nitrogen and oxygen atoms in total. The van der Waals surface area contributed by atoms with Crippen LogP contribution in [0.3, 0.4) is 0 Å². The number of hydrogen-bond donors (Lipinski definition) is 1. The number of nitrogens with zero attached hydrogens (tertiary/aromatic N) is 3. The molecule has 1 amide bonds. The average molecular weight is 422 g/mol. The van der Waals surface area contributed by atoms with Crippen LogP contribution in [0.4, 0.5) is 11.4 Å². The first-order valence-electron chi connectivity index (χ1n) is 11.0. The highest BCUT2D eigenvalue weighted by Gasteiger charge is 2.31. The van der Waals surface area contributed by atoms with Crippen LogP contribution in [0.2, 0.25) is 0 Å². The number of carbonyl (C=O) groups is 2. The molecule has 1 N–H and O–H groups in total. The molecule has 2 aromatic rings. The van der Waals surface area contributed by atoms with Crippen molar-refractivity contribution in [3.8, 4) is 0 Å². The lowest BCUT2D eigenvalue weighted by Gasteiger charge is -2.36. The summed E-state index contributed by atoms with van der Waals surface area (Å²) >= 11 is 0. The molecule has 2 heterocycles. The maximum atomic E-state index is 13.0. The van der Waals surface area contributed by atoms with Crippen molar-refractivity contribution in [1.29, 1.82) is 0 Å². The Morgan fingerprint density at radius 1 is 1.00 bits per heavy atom. The molecule has 2 atom stereocenters. The van der Waals surface area contributed by atoms with Gasteiger partial charge in [-0.3, -0.25) is 4.79 Å². The molecule has 6 heteroatoms. The topological polar surface area (TPSA) is 64.1 Å². The summed E-state index contributed by atoms with van der Waals surface area (Å²) in [4.78, 5) is 30.7. The predicted molar refractivity (Wildman–Crippen MR) is 123 cm³/mol. The standard InChI is InChI=1S/C25H31N3O3/c1-18-11-19(2)13-23(12-18)26-7-9-27(10-8-26)25(31)21-3-5-22(6-4-21)28-15-20(16-29)14-24(28)17-30/h3-6,11-13,17,20,24,29H,7-10,14-16H2,1-2H3. The van der Waals surface area contributed by atoms with Crippen molar-refractivity contribution in [2.75, 3.05) is 49.1 Å². The molecule has 0 spiro atoms. The van der Waals surface area contributed by atoms with E-state index in [0.29, 0.717) is 31.6 Å². The predicted octanol–water partition coefficient (Wildman–Crippen LogP) is 2.65. The van der Waals surface area contributed by atoms with Gasteiger partial charge in [0.05, 0.1) is 6.04 Å². The summed E-state index contributed by atoms with van der Waals surface area (Å²) in [5.41, 5.74) is 5.33. The van der Waals surface area contributed by atoms with Gasteiger partial charge in [0, 0.05) is 62.2 Å². The van der Waals surface area contributed by atoms with Crippen LogP contribution >= 0.6 is 0 Å². The summed E-state index contributed by atoms with van der Waals surface area (Å²) in [5.74, 6) is 0.165. The number of aliphatic hydroxyl groups is 1. The van der Waals surface area contributed by atoms with Crippen LogP contribution in [0.15, 0.2) is 42.5 Å². The first-order chi connectivity index (χ1) is 15.0. The van der Waals surface area contributed by atoms with Gasteiger partial charge in [-0.25, -0.2) is 0 Å². The van der Waals surface area contributed by atoms with Crippen molar-refractivity contribution < 1.29 is 14.7 Å². The number of piperazine rings is 1. The van der Waals surface area contributed by atoms with Crippen LogP contribution in [0.25, 0.3) is 0 Å². The molecule has 0 aromatic heterocycles. The Bertz CT molecular complexity index is 915. The minimum Gasteiger partial charge on any atom is -0.396 e. The highest BCUT2D eigenvalue weighted by molar-refractivity contribution is 5.94. The molecule has 2 aliphatic heterocycles. The van der Waals surface area contributed by atoms with E-state index in [1.54, 1.807) is 0 Å². The fraction of sp³-hybridized carbons (Fsp3) is 0.440. The largest absolute Gasteiger partial charge is 0.396 e. The molecule has 0 bridgehead atoms. The molecule has 2 saturated heterocycles. The smallest absolute Gasteiger partial charge is 0.253 e. The van der Waals surface area contributed by atoms with E-state index < -0.39 is 0 Å². The lowest BCUT2D eigenvalue weighted by Crippen LogP contribution is -2.48. The number of amides is 1. The highest BCUT2D eigenvalue weighted by atomic mass is 16.3. The molecule has 2 fully saturated rings. The van der Waals surface area contributed by atoms with Crippen LogP contribution < -0.4 is 9.80 Å². The summed E-state index contributed by atoms with van der Waals surface area (Å²) in [7, 11) is 0. The summed E-state index contributed by atoms with van der Waals surface area (Å²) in [6.45, 7) is 8.02. The van der Waals surface area contributed by atoms with Crippen LogP contribution in [-0.2, 0) is 4.79 Å². The number of hydrogen-bond acceptors (Lipinski definition) is 5. The van der Waals surface area contributed by atoms with Crippen molar-refractivity contribution in [3.63, 3.8) is 0 Å². The third-order valence-electron chi connectivity index (χ3n) is 6.43. The Morgan fingerprint density at radius 3 is 2.23 bits per heavy atom. The van der Waals surface area contributed by atoms with E-state index in [9.17, 15) is 14.7 Å². The van der Waals surface area contributed by atoms with Crippen molar-refractivity contribution in [1.82, 2.24) is 4.90 Å². The minimum absolute atomic E-state index is 0.0493. The molecule has 2 aliphatic rings. The Hall–Kier alpha value is -2.86. The van der Waals surface area contributed by atoms with E-state index in [1.807, 2.05) is 34.1 Å². The van der Waals surface area contributed by atoms with Crippen molar-refractivity contribution >= 4 is 23.6 Å². The number of benzene rings is 2. The zero-order valence-corrected chi connectivity index (χ0v) is 18.3. The molecule has 4 rings (SSSR count). The van der Waals surface area contributed by atoms with Crippen LogP contribution in [-0.4, -0.2) is 67.6 Å². The molecular weight excluding hydrogens is 390 g/mol. The molecule has 0 aliphatic carbocycles. The fourth-order valence-electron chi connectivity index (χ4n) is 4.79. The molecular formula is C25H31N3O3. The highest BCUT2D eigenvalue weighted by Crippen LogP contribution is 2.28. The van der Waals surface area contributed by atoms with E-state index in [4.69, 9.17) is 0 Å². The number of anilines is 2. The normalized spacial score (nSPS) is 21.5. The summed E-state index contributed by atoms with van der Waals surface area (Å²) in [6.07, 6.45) is 1.62. The fourth-order valence-corrected chi connectivity index (χ4v) is 4.79. The lowest BCUT2D eigenvalue weighted by atomic mass is 10.1. The van der Waals surface area contributed by atoms with Gasteiger partial charge in [-0.05, 0) is 67.8 Å². The number of rotatable bonds is 5. The number of aldehydes is 1. The molecule has 0 saturated carbocycles. The first-order valence-corrected chi connectivity index (χ1v) is 11.0. The third kappa shape index (κ3) is 4.59. The van der Waals surface area contributed by atoms with Crippen molar-refractivity contribution in [3.05, 3.63) is 59.2 Å². The van der Waals surface area contributed by atoms with Gasteiger partial charge in [0.1, 0.15) is 6.29 Å². The quantitative estimate of drug-likeness (QED) is 0.752. The van der Waals surface area contributed by atoms with Crippen LogP contribution in [0, 0.1) is 19.8 Å². The second-order valence-electron chi connectivity index (χ2n) is 8.81. The van der Waals surface area contributed by atoms with E-state index in [1.165, 1.54) is 16.8 Å². The molecule has 164 valence electrons. The van der Waals surface area contributed by atoms with E-state index in [0.717, 1.165) is 25.1 Å². The summed E-state index contributed by atoms with van der Waals surface area (Å²) in [6, 6.07) is 13.9. The van der Waals surface area contributed by atoms with Crippen LogP contribution in [0.1, 0.15) is 27.9 Å². The number of aryl methyl sites for hydroxylation is 2. The summed E-state index contributed by atoms with van der Waals surface area (Å²) < 4.78 is 0. The minimum atomic E-state index is -0.211. The van der Waals surface area contributed by atoms with Crippen molar-refractivity contribution in [2.45, 2.75) is 26.3 Å². The SMILES string of the molecule is Cc1cc(C)cc(N2CCN(C(=O)c3ccc(N4CC(CO)CC4C=O)cc3)CC2)c1. The Morgan fingerprint density at radius 2 is 1.65 bits per heavy atom. The maximum Gasteiger partial charge on any atom is 0.253 e. The second-order valence-corrected chi connectivity index (χ2v) is 8.81. The van der Waals surface area contributed by atoms with Gasteiger partial charge in [0.15, 0.2) is 0 Å². The number of carbonyl (C=O) groups excluding carboxylic acids is 2. The zero-order valence-electron chi connectivity index (χ0n) is 18.3. The molecule has 0 radical (unpaired) electrons. The first kappa shape index (κ1) is 21.4. The van der Waals surface area contributed by atoms with Crippen molar-refractivity contribution in [2.24, 2.45) is 5.92 Å². The van der Waals surface area contributed by atoms with Gasteiger partial charge in [-0.15, -0.1) is 0 Å². The van der Waals surface area contributed by atoms with E-state index in [-0.39, 0.29) is 24.5 Å². The Balaban J connectivity index is 1.38. The van der Waals surface area contributed by atoms with E-state index >= 15 is 0 Å². The average Bonchev–Trinajstić information content (AvgIpc) is 3.22. The second kappa shape index (κ2) is 9.10. The molecule has 2 unspecified atom stereocenters. The molecule has 2 aromatic carbocycles.